The number of nitrogens with two attached hydrogens (primary N) is 1. The first kappa shape index (κ1) is 12.9. The molecule has 3 rings (SSSR count). The van der Waals surface area contributed by atoms with Gasteiger partial charge in [0.25, 0.3) is 0 Å². The lowest BCUT2D eigenvalue weighted by atomic mass is 9.78. The summed E-state index contributed by atoms with van der Waals surface area (Å²) in [6, 6.07) is 0.0894. The topological polar surface area (TPSA) is 48.1 Å². The maximum Gasteiger partial charge on any atom is 0.0795 e. The van der Waals surface area contributed by atoms with E-state index in [4.69, 9.17) is 10.5 Å². The molecule has 1 aromatic rings. The Hall–Kier alpha value is -0.100. The van der Waals surface area contributed by atoms with Crippen LogP contribution >= 0.6 is 23.1 Å². The van der Waals surface area contributed by atoms with Gasteiger partial charge in [0.1, 0.15) is 0 Å². The van der Waals surface area contributed by atoms with E-state index in [9.17, 15) is 0 Å². The summed E-state index contributed by atoms with van der Waals surface area (Å²) < 4.78 is 6.12. The number of thioether (sulfide) groups is 1. The van der Waals surface area contributed by atoms with Gasteiger partial charge in [-0.2, -0.15) is 11.8 Å². The van der Waals surface area contributed by atoms with Gasteiger partial charge in [-0.3, -0.25) is 0 Å². The second kappa shape index (κ2) is 5.49. The molecule has 0 saturated carbocycles. The van der Waals surface area contributed by atoms with Crippen LogP contribution in [0.4, 0.5) is 0 Å². The molecule has 0 aliphatic carbocycles. The molecule has 1 spiro atoms. The van der Waals surface area contributed by atoms with E-state index in [-0.39, 0.29) is 11.6 Å². The number of aromatic nitrogens is 1. The van der Waals surface area contributed by atoms with E-state index < -0.39 is 0 Å². The van der Waals surface area contributed by atoms with Crippen molar-refractivity contribution < 1.29 is 4.74 Å². The Bertz CT molecular complexity index is 371. The second-order valence-electron chi connectivity index (χ2n) is 5.34. The lowest BCUT2D eigenvalue weighted by Gasteiger charge is -2.44. The van der Waals surface area contributed by atoms with E-state index in [1.54, 1.807) is 11.3 Å². The Morgan fingerprint density at radius 3 is 3.00 bits per heavy atom. The number of rotatable bonds is 2. The van der Waals surface area contributed by atoms with Crippen LogP contribution in [0.5, 0.6) is 0 Å². The van der Waals surface area contributed by atoms with Gasteiger partial charge in [-0.05, 0) is 43.1 Å². The molecule has 0 amide bonds. The van der Waals surface area contributed by atoms with E-state index in [2.05, 4.69) is 10.4 Å². The van der Waals surface area contributed by atoms with Crippen LogP contribution in [0.25, 0.3) is 0 Å². The molecule has 2 aliphatic heterocycles. The predicted octanol–water partition coefficient (Wildman–Crippen LogP) is 2.84. The lowest BCUT2D eigenvalue weighted by molar-refractivity contribution is -0.106. The van der Waals surface area contributed by atoms with Crippen LogP contribution in [0.2, 0.25) is 0 Å². The van der Waals surface area contributed by atoms with Crippen LogP contribution in [0.3, 0.4) is 0 Å². The third kappa shape index (κ3) is 2.59. The molecule has 2 aliphatic rings. The normalized spacial score (nSPS) is 29.3. The average Bonchev–Trinajstić information content (AvgIpc) is 2.93. The van der Waals surface area contributed by atoms with Gasteiger partial charge in [0.15, 0.2) is 0 Å². The molecule has 3 heterocycles. The van der Waals surface area contributed by atoms with Crippen LogP contribution < -0.4 is 5.73 Å². The van der Waals surface area contributed by atoms with Crippen molar-refractivity contribution in [3.63, 3.8) is 0 Å². The molecule has 1 aromatic heterocycles. The summed E-state index contributed by atoms with van der Waals surface area (Å²) in [6.07, 6.45) is 4.58. The predicted molar refractivity (Wildman–Crippen MR) is 77.0 cm³/mol. The molecular weight excluding hydrogens is 264 g/mol. The maximum absolute atomic E-state index is 6.39. The highest BCUT2D eigenvalue weighted by atomic mass is 32.2. The smallest absolute Gasteiger partial charge is 0.0795 e. The van der Waals surface area contributed by atoms with Crippen LogP contribution in [0, 0.1) is 5.92 Å². The fourth-order valence-electron chi connectivity index (χ4n) is 3.09. The molecule has 2 saturated heterocycles. The zero-order valence-electron chi connectivity index (χ0n) is 10.5. The standard InChI is InChI=1S/C13H20N2OS2/c14-12(11-8-18-9-15-11)10-1-4-16-13(7-10)2-5-17-6-3-13/h8-10,12H,1-7,14H2. The fourth-order valence-corrected chi connectivity index (χ4v) is 4.93. The highest BCUT2D eigenvalue weighted by molar-refractivity contribution is 7.99. The Kier molecular flexibility index (Phi) is 3.94. The minimum absolute atomic E-state index is 0.0894. The molecule has 100 valence electrons. The Balaban J connectivity index is 1.70. The number of ether oxygens (including phenoxy) is 1. The van der Waals surface area contributed by atoms with E-state index in [1.807, 2.05) is 17.3 Å². The molecule has 2 fully saturated rings. The van der Waals surface area contributed by atoms with Crippen LogP contribution in [-0.2, 0) is 4.74 Å². The van der Waals surface area contributed by atoms with Gasteiger partial charge >= 0.3 is 0 Å². The number of hydrogen-bond acceptors (Lipinski definition) is 5. The first-order valence-electron chi connectivity index (χ1n) is 6.64. The molecule has 5 heteroatoms. The van der Waals surface area contributed by atoms with Gasteiger partial charge in [-0.25, -0.2) is 4.98 Å². The van der Waals surface area contributed by atoms with Crippen LogP contribution in [0.1, 0.15) is 37.4 Å². The van der Waals surface area contributed by atoms with Crippen molar-refractivity contribution in [3.8, 4) is 0 Å². The molecule has 3 nitrogen and oxygen atoms in total. The zero-order chi connectivity index (χ0) is 12.4. The summed E-state index contributed by atoms with van der Waals surface area (Å²) in [5.74, 6) is 3.00. The van der Waals surface area contributed by atoms with E-state index in [0.717, 1.165) is 25.1 Å². The third-order valence-electron chi connectivity index (χ3n) is 4.24. The number of hydrogen-bond donors (Lipinski definition) is 1. The molecule has 2 N–H and O–H groups in total. The number of thiazole rings is 1. The van der Waals surface area contributed by atoms with Gasteiger partial charge in [0.2, 0.25) is 0 Å². The minimum atomic E-state index is 0.0894. The summed E-state index contributed by atoms with van der Waals surface area (Å²) in [5.41, 5.74) is 9.45. The fraction of sp³-hybridized carbons (Fsp3) is 0.769. The van der Waals surface area contributed by atoms with E-state index >= 15 is 0 Å². The summed E-state index contributed by atoms with van der Waals surface area (Å²) in [6.45, 7) is 0.868. The van der Waals surface area contributed by atoms with Crippen molar-refractivity contribution in [1.82, 2.24) is 4.98 Å². The molecule has 0 aromatic carbocycles. The third-order valence-corrected chi connectivity index (χ3v) is 5.83. The van der Waals surface area contributed by atoms with Crippen LogP contribution in [-0.4, -0.2) is 28.7 Å². The monoisotopic (exact) mass is 284 g/mol. The average molecular weight is 284 g/mol. The van der Waals surface area contributed by atoms with Gasteiger partial charge < -0.3 is 10.5 Å². The van der Waals surface area contributed by atoms with E-state index in [0.29, 0.717) is 5.92 Å². The summed E-state index contributed by atoms with van der Waals surface area (Å²) >= 11 is 3.68. The largest absolute Gasteiger partial charge is 0.375 e. The van der Waals surface area contributed by atoms with Crippen molar-refractivity contribution in [2.24, 2.45) is 11.7 Å². The Morgan fingerprint density at radius 2 is 2.28 bits per heavy atom. The van der Waals surface area contributed by atoms with Crippen molar-refractivity contribution >= 4 is 23.1 Å². The minimum Gasteiger partial charge on any atom is -0.375 e. The zero-order valence-corrected chi connectivity index (χ0v) is 12.1. The molecule has 0 bridgehead atoms. The molecule has 2 atom stereocenters. The quantitative estimate of drug-likeness (QED) is 0.907. The molecular formula is C13H20N2OS2. The summed E-state index contributed by atoms with van der Waals surface area (Å²) in [7, 11) is 0. The summed E-state index contributed by atoms with van der Waals surface area (Å²) in [4.78, 5) is 4.37. The van der Waals surface area contributed by atoms with Crippen molar-refractivity contribution in [1.29, 1.82) is 0 Å². The Morgan fingerprint density at radius 1 is 1.44 bits per heavy atom. The van der Waals surface area contributed by atoms with Gasteiger partial charge in [-0.15, -0.1) is 11.3 Å². The Labute approximate surface area is 117 Å². The van der Waals surface area contributed by atoms with Crippen molar-refractivity contribution in [2.75, 3.05) is 18.1 Å². The van der Waals surface area contributed by atoms with Crippen molar-refractivity contribution in [2.45, 2.75) is 37.3 Å². The molecule has 0 radical (unpaired) electrons. The van der Waals surface area contributed by atoms with Gasteiger partial charge in [0, 0.05) is 12.0 Å². The van der Waals surface area contributed by atoms with E-state index in [1.165, 1.54) is 24.3 Å². The SMILES string of the molecule is NC(c1cscn1)C1CCOC2(CCSCC2)C1. The molecule has 2 unspecified atom stereocenters. The second-order valence-corrected chi connectivity index (χ2v) is 7.28. The summed E-state index contributed by atoms with van der Waals surface area (Å²) in [5, 5.41) is 2.09. The highest BCUT2D eigenvalue weighted by Gasteiger charge is 2.40. The number of nitrogens with zero attached hydrogens (tertiary/aromatic N) is 1. The first-order chi connectivity index (χ1) is 8.79. The highest BCUT2D eigenvalue weighted by Crippen LogP contribution is 2.42. The first-order valence-corrected chi connectivity index (χ1v) is 8.74. The maximum atomic E-state index is 6.39. The van der Waals surface area contributed by atoms with Gasteiger partial charge in [-0.1, -0.05) is 0 Å². The van der Waals surface area contributed by atoms with Crippen LogP contribution in [0.15, 0.2) is 10.9 Å². The van der Waals surface area contributed by atoms with Crippen molar-refractivity contribution in [3.05, 3.63) is 16.6 Å². The van der Waals surface area contributed by atoms with Gasteiger partial charge in [0.05, 0.1) is 22.8 Å². The lowest BCUT2D eigenvalue weighted by Crippen LogP contribution is -2.45. The molecule has 18 heavy (non-hydrogen) atoms.